The summed E-state index contributed by atoms with van der Waals surface area (Å²) in [6.45, 7) is 2.72. The zero-order valence-electron chi connectivity index (χ0n) is 6.54. The molecule has 60 valence electrons. The third kappa shape index (κ3) is 2.20. The van der Waals surface area contributed by atoms with Crippen LogP contribution in [0.2, 0.25) is 0 Å². The normalized spacial score (nSPS) is 9.64. The van der Waals surface area contributed by atoms with Gasteiger partial charge in [-0.1, -0.05) is 0 Å². The zero-order valence-corrected chi connectivity index (χ0v) is 6.54. The number of aromatic nitrogens is 1. The summed E-state index contributed by atoms with van der Waals surface area (Å²) in [5.74, 6) is 0. The molecular formula is C8H12N2O. The molecule has 0 saturated heterocycles. The van der Waals surface area contributed by atoms with Crippen molar-refractivity contribution in [1.29, 1.82) is 0 Å². The Kier molecular flexibility index (Phi) is 2.86. The molecule has 0 saturated carbocycles. The highest BCUT2D eigenvalue weighted by Gasteiger charge is 1.93. The summed E-state index contributed by atoms with van der Waals surface area (Å²) in [4.78, 5) is 3.95. The average molecular weight is 152 g/mol. The van der Waals surface area contributed by atoms with E-state index in [0.717, 1.165) is 11.3 Å². The molecular weight excluding hydrogens is 140 g/mol. The SMILES string of the molecule is Cc1cnccc1NCCO. The smallest absolute Gasteiger partial charge is 0.0604 e. The molecule has 0 amide bonds. The Bertz CT molecular complexity index is 225. The van der Waals surface area contributed by atoms with Crippen LogP contribution in [-0.4, -0.2) is 23.2 Å². The van der Waals surface area contributed by atoms with Gasteiger partial charge in [0.15, 0.2) is 0 Å². The van der Waals surface area contributed by atoms with E-state index in [1.165, 1.54) is 0 Å². The Labute approximate surface area is 66.1 Å². The van der Waals surface area contributed by atoms with E-state index in [-0.39, 0.29) is 6.61 Å². The van der Waals surface area contributed by atoms with E-state index >= 15 is 0 Å². The topological polar surface area (TPSA) is 45.2 Å². The summed E-state index contributed by atoms with van der Waals surface area (Å²) < 4.78 is 0. The predicted molar refractivity (Wildman–Crippen MR) is 44.5 cm³/mol. The third-order valence-electron chi connectivity index (χ3n) is 1.45. The molecule has 0 aliphatic carbocycles. The monoisotopic (exact) mass is 152 g/mol. The van der Waals surface area contributed by atoms with Gasteiger partial charge in [-0.25, -0.2) is 0 Å². The molecule has 3 nitrogen and oxygen atoms in total. The molecule has 0 unspecified atom stereocenters. The highest BCUT2D eigenvalue weighted by molar-refractivity contribution is 5.48. The number of aliphatic hydroxyl groups excluding tert-OH is 1. The van der Waals surface area contributed by atoms with Gasteiger partial charge in [0.2, 0.25) is 0 Å². The van der Waals surface area contributed by atoms with Crippen LogP contribution in [0.4, 0.5) is 5.69 Å². The number of hydrogen-bond donors (Lipinski definition) is 2. The van der Waals surface area contributed by atoms with Gasteiger partial charge in [0, 0.05) is 24.6 Å². The Morgan fingerprint density at radius 2 is 2.45 bits per heavy atom. The lowest BCUT2D eigenvalue weighted by atomic mass is 10.2. The van der Waals surface area contributed by atoms with Gasteiger partial charge in [-0.15, -0.1) is 0 Å². The molecule has 1 aromatic heterocycles. The number of anilines is 1. The van der Waals surface area contributed by atoms with E-state index in [0.29, 0.717) is 6.54 Å². The number of rotatable bonds is 3. The van der Waals surface area contributed by atoms with Gasteiger partial charge >= 0.3 is 0 Å². The summed E-state index contributed by atoms with van der Waals surface area (Å²) >= 11 is 0. The second-order valence-corrected chi connectivity index (χ2v) is 2.34. The largest absolute Gasteiger partial charge is 0.395 e. The molecule has 1 aromatic rings. The van der Waals surface area contributed by atoms with Crippen LogP contribution in [0, 0.1) is 6.92 Å². The van der Waals surface area contributed by atoms with E-state index in [2.05, 4.69) is 10.3 Å². The Morgan fingerprint density at radius 3 is 3.09 bits per heavy atom. The van der Waals surface area contributed by atoms with Crippen LogP contribution in [-0.2, 0) is 0 Å². The highest BCUT2D eigenvalue weighted by atomic mass is 16.3. The van der Waals surface area contributed by atoms with Crippen molar-refractivity contribution in [2.24, 2.45) is 0 Å². The maximum Gasteiger partial charge on any atom is 0.0604 e. The lowest BCUT2D eigenvalue weighted by Crippen LogP contribution is -2.06. The van der Waals surface area contributed by atoms with Gasteiger partial charge in [-0.2, -0.15) is 0 Å². The van der Waals surface area contributed by atoms with Crippen molar-refractivity contribution in [3.63, 3.8) is 0 Å². The molecule has 0 aliphatic heterocycles. The summed E-state index contributed by atoms with van der Waals surface area (Å²) in [5, 5.41) is 11.6. The van der Waals surface area contributed by atoms with E-state index in [4.69, 9.17) is 5.11 Å². The van der Waals surface area contributed by atoms with Crippen LogP contribution in [0.25, 0.3) is 0 Å². The number of hydrogen-bond acceptors (Lipinski definition) is 3. The fourth-order valence-electron chi connectivity index (χ4n) is 0.862. The summed E-state index contributed by atoms with van der Waals surface area (Å²) in [7, 11) is 0. The molecule has 11 heavy (non-hydrogen) atoms. The fourth-order valence-corrected chi connectivity index (χ4v) is 0.862. The molecule has 0 fully saturated rings. The quantitative estimate of drug-likeness (QED) is 0.673. The Morgan fingerprint density at radius 1 is 1.64 bits per heavy atom. The maximum absolute atomic E-state index is 8.54. The second-order valence-electron chi connectivity index (χ2n) is 2.34. The zero-order chi connectivity index (χ0) is 8.10. The van der Waals surface area contributed by atoms with Crippen LogP contribution < -0.4 is 5.32 Å². The first-order chi connectivity index (χ1) is 5.34. The van der Waals surface area contributed by atoms with Crippen LogP contribution in [0.1, 0.15) is 5.56 Å². The molecule has 0 radical (unpaired) electrons. The minimum absolute atomic E-state index is 0.155. The van der Waals surface area contributed by atoms with Gasteiger partial charge in [0.1, 0.15) is 0 Å². The van der Waals surface area contributed by atoms with Crippen molar-refractivity contribution in [3.8, 4) is 0 Å². The van der Waals surface area contributed by atoms with Gasteiger partial charge in [-0.3, -0.25) is 4.98 Å². The van der Waals surface area contributed by atoms with E-state index in [9.17, 15) is 0 Å². The standard InChI is InChI=1S/C8H12N2O/c1-7-6-9-3-2-8(7)10-4-5-11/h2-3,6,11H,4-5H2,1H3,(H,9,10). The van der Waals surface area contributed by atoms with Gasteiger partial charge in [0.25, 0.3) is 0 Å². The number of pyridine rings is 1. The first-order valence-corrected chi connectivity index (χ1v) is 3.60. The lowest BCUT2D eigenvalue weighted by molar-refractivity contribution is 0.311. The minimum atomic E-state index is 0.155. The van der Waals surface area contributed by atoms with Crippen LogP contribution >= 0.6 is 0 Å². The van der Waals surface area contributed by atoms with Crippen LogP contribution in [0.15, 0.2) is 18.5 Å². The van der Waals surface area contributed by atoms with Crippen molar-refractivity contribution < 1.29 is 5.11 Å². The number of nitrogens with one attached hydrogen (secondary N) is 1. The molecule has 3 heteroatoms. The van der Waals surface area contributed by atoms with Crippen molar-refractivity contribution in [2.75, 3.05) is 18.5 Å². The van der Waals surface area contributed by atoms with Gasteiger partial charge in [-0.05, 0) is 18.6 Å². The fraction of sp³-hybridized carbons (Fsp3) is 0.375. The van der Waals surface area contributed by atoms with Gasteiger partial charge in [0.05, 0.1) is 6.61 Å². The third-order valence-corrected chi connectivity index (χ3v) is 1.45. The first-order valence-electron chi connectivity index (χ1n) is 3.60. The molecule has 0 atom stereocenters. The van der Waals surface area contributed by atoms with Crippen LogP contribution in [0.5, 0.6) is 0 Å². The van der Waals surface area contributed by atoms with Crippen LogP contribution in [0.3, 0.4) is 0 Å². The second kappa shape index (κ2) is 3.93. The van der Waals surface area contributed by atoms with Crippen molar-refractivity contribution in [2.45, 2.75) is 6.92 Å². The van der Waals surface area contributed by atoms with E-state index in [1.807, 2.05) is 13.0 Å². The Hall–Kier alpha value is -1.09. The summed E-state index contributed by atoms with van der Waals surface area (Å²) in [6, 6.07) is 1.89. The predicted octanol–water partition coefficient (Wildman–Crippen LogP) is 0.794. The number of aliphatic hydroxyl groups is 1. The molecule has 1 heterocycles. The molecule has 0 bridgehead atoms. The lowest BCUT2D eigenvalue weighted by Gasteiger charge is -2.05. The molecule has 1 rings (SSSR count). The van der Waals surface area contributed by atoms with Crippen molar-refractivity contribution in [3.05, 3.63) is 24.0 Å². The Balaban J connectivity index is 2.62. The van der Waals surface area contributed by atoms with Gasteiger partial charge < -0.3 is 10.4 Å². The minimum Gasteiger partial charge on any atom is -0.395 e. The summed E-state index contributed by atoms with van der Waals surface area (Å²) in [5.41, 5.74) is 2.13. The summed E-state index contributed by atoms with van der Waals surface area (Å²) in [6.07, 6.45) is 3.52. The maximum atomic E-state index is 8.54. The molecule has 2 N–H and O–H groups in total. The molecule has 0 aliphatic rings. The van der Waals surface area contributed by atoms with E-state index < -0.39 is 0 Å². The first kappa shape index (κ1) is 8.01. The van der Waals surface area contributed by atoms with Crippen molar-refractivity contribution >= 4 is 5.69 Å². The molecule has 0 spiro atoms. The highest BCUT2D eigenvalue weighted by Crippen LogP contribution is 2.10. The number of nitrogens with zero attached hydrogens (tertiary/aromatic N) is 1. The average Bonchev–Trinajstić information content (AvgIpc) is 2.03. The molecule has 0 aromatic carbocycles. The number of aryl methyl sites for hydroxylation is 1. The van der Waals surface area contributed by atoms with Crippen molar-refractivity contribution in [1.82, 2.24) is 4.98 Å². The van der Waals surface area contributed by atoms with E-state index in [1.54, 1.807) is 12.4 Å².